The number of rotatable bonds is 0. The molecule has 0 heteroatoms. The number of hydrogen-bond donors (Lipinski definition) is 0. The number of fused-ring (bicyclic) bond motifs is 1. The number of hydrogen-bond acceptors (Lipinski definition) is 0. The lowest BCUT2D eigenvalue weighted by atomic mass is 9.66. The summed E-state index contributed by atoms with van der Waals surface area (Å²) in [6.07, 6.45) is 8.18. The molecule has 1 saturated carbocycles. The molecule has 0 saturated heterocycles. The normalized spacial score (nSPS) is 45.3. The molecule has 0 aromatic heterocycles. The van der Waals surface area contributed by atoms with Gasteiger partial charge in [0.05, 0.1) is 0 Å². The van der Waals surface area contributed by atoms with Crippen molar-refractivity contribution in [2.24, 2.45) is 23.7 Å². The molecule has 3 unspecified atom stereocenters. The van der Waals surface area contributed by atoms with E-state index in [1.54, 1.807) is 5.57 Å². The highest BCUT2D eigenvalue weighted by Crippen LogP contribution is 2.44. The molecular formula is C13H22. The minimum Gasteiger partial charge on any atom is -0.0848 e. The second-order valence-corrected chi connectivity index (χ2v) is 5.34. The Labute approximate surface area is 82.4 Å². The average Bonchev–Trinajstić information content (AvgIpc) is 2.12. The lowest BCUT2D eigenvalue weighted by Crippen LogP contribution is -2.28. The third kappa shape index (κ3) is 1.68. The third-order valence-electron chi connectivity index (χ3n) is 4.31. The Morgan fingerprint density at radius 2 is 1.92 bits per heavy atom. The van der Waals surface area contributed by atoms with Gasteiger partial charge in [-0.2, -0.15) is 0 Å². The minimum absolute atomic E-state index is 0.919. The molecule has 74 valence electrons. The average molecular weight is 178 g/mol. The molecule has 0 heterocycles. The van der Waals surface area contributed by atoms with E-state index in [0.717, 1.165) is 23.7 Å². The summed E-state index contributed by atoms with van der Waals surface area (Å²) in [7, 11) is 0. The lowest BCUT2D eigenvalue weighted by Gasteiger charge is -2.39. The van der Waals surface area contributed by atoms with Gasteiger partial charge in [0, 0.05) is 0 Å². The molecule has 4 atom stereocenters. The standard InChI is InChI=1S/C13H22/c1-9-4-7-13-11(3)10(2)5-6-12(13)8-9/h6,9-11,13H,4-5,7-8H2,1-3H3/t9-,10?,11?,13?/m0/s1. The van der Waals surface area contributed by atoms with Crippen LogP contribution in [-0.4, -0.2) is 0 Å². The second kappa shape index (κ2) is 3.48. The topological polar surface area (TPSA) is 0 Å². The largest absolute Gasteiger partial charge is 0.0848 e. The summed E-state index contributed by atoms with van der Waals surface area (Å²) in [5.41, 5.74) is 1.80. The molecule has 13 heavy (non-hydrogen) atoms. The van der Waals surface area contributed by atoms with E-state index >= 15 is 0 Å². The zero-order valence-electron chi connectivity index (χ0n) is 9.22. The van der Waals surface area contributed by atoms with Crippen LogP contribution in [0.1, 0.15) is 46.5 Å². The molecule has 0 N–H and O–H groups in total. The SMILES string of the molecule is CC1CC=C2C[C@@H](C)CCC2C1C. The predicted octanol–water partition coefficient (Wildman–Crippen LogP) is 4.02. The van der Waals surface area contributed by atoms with Crippen molar-refractivity contribution in [3.05, 3.63) is 11.6 Å². The van der Waals surface area contributed by atoms with Crippen molar-refractivity contribution in [1.82, 2.24) is 0 Å². The van der Waals surface area contributed by atoms with Gasteiger partial charge >= 0.3 is 0 Å². The maximum Gasteiger partial charge on any atom is -0.0175 e. The van der Waals surface area contributed by atoms with Gasteiger partial charge in [0.2, 0.25) is 0 Å². The van der Waals surface area contributed by atoms with E-state index in [4.69, 9.17) is 0 Å². The van der Waals surface area contributed by atoms with Crippen LogP contribution < -0.4 is 0 Å². The summed E-state index contributed by atoms with van der Waals surface area (Å²) in [5, 5.41) is 0. The molecule has 0 bridgehead atoms. The smallest absolute Gasteiger partial charge is 0.0175 e. The molecule has 0 aromatic rings. The van der Waals surface area contributed by atoms with Gasteiger partial charge in [-0.3, -0.25) is 0 Å². The van der Waals surface area contributed by atoms with Crippen molar-refractivity contribution < 1.29 is 0 Å². The van der Waals surface area contributed by atoms with E-state index in [0.29, 0.717) is 0 Å². The van der Waals surface area contributed by atoms with Crippen molar-refractivity contribution in [3.63, 3.8) is 0 Å². The Morgan fingerprint density at radius 3 is 2.69 bits per heavy atom. The van der Waals surface area contributed by atoms with Crippen LogP contribution in [0.25, 0.3) is 0 Å². The van der Waals surface area contributed by atoms with Gasteiger partial charge in [0.25, 0.3) is 0 Å². The molecule has 2 rings (SSSR count). The fourth-order valence-corrected chi connectivity index (χ4v) is 3.09. The molecule has 0 aliphatic heterocycles. The van der Waals surface area contributed by atoms with E-state index < -0.39 is 0 Å². The highest BCUT2D eigenvalue weighted by Gasteiger charge is 2.32. The highest BCUT2D eigenvalue weighted by atomic mass is 14.4. The Kier molecular flexibility index (Phi) is 2.49. The van der Waals surface area contributed by atoms with Gasteiger partial charge in [0.1, 0.15) is 0 Å². The highest BCUT2D eigenvalue weighted by molar-refractivity contribution is 5.15. The molecule has 0 spiro atoms. The van der Waals surface area contributed by atoms with Crippen molar-refractivity contribution in [2.75, 3.05) is 0 Å². The van der Waals surface area contributed by atoms with Crippen molar-refractivity contribution in [1.29, 1.82) is 0 Å². The van der Waals surface area contributed by atoms with E-state index in [1.807, 2.05) is 0 Å². The van der Waals surface area contributed by atoms with Crippen molar-refractivity contribution in [3.8, 4) is 0 Å². The monoisotopic (exact) mass is 178 g/mol. The van der Waals surface area contributed by atoms with Crippen LogP contribution in [0.3, 0.4) is 0 Å². The van der Waals surface area contributed by atoms with Gasteiger partial charge in [0.15, 0.2) is 0 Å². The summed E-state index contributed by atoms with van der Waals surface area (Å²) in [6.45, 7) is 7.27. The van der Waals surface area contributed by atoms with Gasteiger partial charge < -0.3 is 0 Å². The van der Waals surface area contributed by atoms with Gasteiger partial charge in [-0.05, 0) is 49.4 Å². The van der Waals surface area contributed by atoms with E-state index in [9.17, 15) is 0 Å². The molecule has 0 amide bonds. The van der Waals surface area contributed by atoms with Crippen LogP contribution in [0.2, 0.25) is 0 Å². The van der Waals surface area contributed by atoms with Crippen LogP contribution in [0.15, 0.2) is 11.6 Å². The third-order valence-corrected chi connectivity index (χ3v) is 4.31. The maximum absolute atomic E-state index is 2.55. The fraction of sp³-hybridized carbons (Fsp3) is 0.846. The zero-order chi connectivity index (χ0) is 9.42. The van der Waals surface area contributed by atoms with Crippen molar-refractivity contribution >= 4 is 0 Å². The van der Waals surface area contributed by atoms with Crippen LogP contribution in [0, 0.1) is 23.7 Å². The van der Waals surface area contributed by atoms with Crippen LogP contribution in [0.5, 0.6) is 0 Å². The van der Waals surface area contributed by atoms with E-state index in [2.05, 4.69) is 26.8 Å². The first kappa shape index (κ1) is 9.30. The van der Waals surface area contributed by atoms with E-state index in [-0.39, 0.29) is 0 Å². The summed E-state index contributed by atoms with van der Waals surface area (Å²) in [4.78, 5) is 0. The number of allylic oxidation sites excluding steroid dienone is 2. The predicted molar refractivity (Wildman–Crippen MR) is 57.5 cm³/mol. The molecular weight excluding hydrogens is 156 g/mol. The first-order valence-corrected chi connectivity index (χ1v) is 5.87. The summed E-state index contributed by atoms with van der Waals surface area (Å²) in [5.74, 6) is 3.75. The Balaban J connectivity index is 2.14. The summed E-state index contributed by atoms with van der Waals surface area (Å²) in [6, 6.07) is 0. The van der Waals surface area contributed by atoms with Gasteiger partial charge in [-0.25, -0.2) is 0 Å². The summed E-state index contributed by atoms with van der Waals surface area (Å²) < 4.78 is 0. The summed E-state index contributed by atoms with van der Waals surface area (Å²) >= 11 is 0. The fourth-order valence-electron chi connectivity index (χ4n) is 3.09. The first-order chi connectivity index (χ1) is 6.18. The van der Waals surface area contributed by atoms with Crippen LogP contribution in [-0.2, 0) is 0 Å². The molecule has 2 aliphatic carbocycles. The van der Waals surface area contributed by atoms with Gasteiger partial charge in [-0.1, -0.05) is 32.4 Å². The molecule has 0 nitrogen and oxygen atoms in total. The van der Waals surface area contributed by atoms with E-state index in [1.165, 1.54) is 25.7 Å². The zero-order valence-corrected chi connectivity index (χ0v) is 9.22. The second-order valence-electron chi connectivity index (χ2n) is 5.34. The minimum atomic E-state index is 0.919. The van der Waals surface area contributed by atoms with Gasteiger partial charge in [-0.15, -0.1) is 0 Å². The Hall–Kier alpha value is -0.260. The quantitative estimate of drug-likeness (QED) is 0.491. The molecule has 1 fully saturated rings. The molecule has 0 aromatic carbocycles. The first-order valence-electron chi connectivity index (χ1n) is 5.87. The lowest BCUT2D eigenvalue weighted by molar-refractivity contribution is 0.217. The van der Waals surface area contributed by atoms with Crippen molar-refractivity contribution in [2.45, 2.75) is 46.5 Å². The molecule has 2 aliphatic rings. The Morgan fingerprint density at radius 1 is 1.15 bits per heavy atom. The Bertz CT molecular complexity index is 214. The van der Waals surface area contributed by atoms with Crippen LogP contribution in [0.4, 0.5) is 0 Å². The molecule has 0 radical (unpaired) electrons. The maximum atomic E-state index is 2.55. The van der Waals surface area contributed by atoms with Crippen LogP contribution >= 0.6 is 0 Å².